The number of hydrogen-bond donors (Lipinski definition) is 1. The Morgan fingerprint density at radius 3 is 2.38 bits per heavy atom. The zero-order chi connectivity index (χ0) is 11.5. The minimum Gasteiger partial charge on any atom is -0.383 e. The van der Waals surface area contributed by atoms with Gasteiger partial charge in [-0.2, -0.15) is 13.8 Å². The van der Waals surface area contributed by atoms with Crippen LogP contribution in [0.4, 0.5) is 8.78 Å². The Bertz CT molecular complexity index is 491. The van der Waals surface area contributed by atoms with Gasteiger partial charge in [0.05, 0.1) is 0 Å². The van der Waals surface area contributed by atoms with Crippen molar-refractivity contribution in [3.8, 4) is 0 Å². The van der Waals surface area contributed by atoms with E-state index in [1.165, 1.54) is 18.5 Å². The summed E-state index contributed by atoms with van der Waals surface area (Å²) < 4.78 is 25.8. The van der Waals surface area contributed by atoms with Crippen molar-refractivity contribution in [3.63, 3.8) is 0 Å². The van der Waals surface area contributed by atoms with E-state index in [4.69, 9.17) is 0 Å². The van der Waals surface area contributed by atoms with Crippen LogP contribution in [0, 0.1) is 11.9 Å². The number of aliphatic hydroxyl groups excluding tert-OH is 1. The smallest absolute Gasteiger partial charge is 0.221 e. The fraction of sp³-hybridized carbons (Fsp3) is 0.0909. The van der Waals surface area contributed by atoms with Crippen molar-refractivity contribution in [2.45, 2.75) is 6.10 Å². The molecule has 0 bridgehead atoms. The summed E-state index contributed by atoms with van der Waals surface area (Å²) >= 11 is 0. The van der Waals surface area contributed by atoms with Crippen LogP contribution in [-0.4, -0.2) is 15.1 Å². The molecule has 1 unspecified atom stereocenters. The van der Waals surface area contributed by atoms with Gasteiger partial charge in [-0.3, -0.25) is 4.98 Å². The molecule has 2 rings (SSSR count). The number of halogens is 2. The quantitative estimate of drug-likeness (QED) is 0.788. The van der Waals surface area contributed by atoms with E-state index in [2.05, 4.69) is 9.97 Å². The highest BCUT2D eigenvalue weighted by Crippen LogP contribution is 2.22. The second-order valence-corrected chi connectivity index (χ2v) is 3.20. The molecule has 0 saturated heterocycles. The Labute approximate surface area is 90.4 Å². The summed E-state index contributed by atoms with van der Waals surface area (Å²) in [6, 6.07) is 5.27. The molecule has 5 heteroatoms. The van der Waals surface area contributed by atoms with Gasteiger partial charge >= 0.3 is 0 Å². The van der Waals surface area contributed by atoms with E-state index < -0.39 is 18.0 Å². The molecule has 2 aromatic rings. The highest BCUT2D eigenvalue weighted by molar-refractivity contribution is 5.26. The minimum absolute atomic E-state index is 0.0624. The fourth-order valence-corrected chi connectivity index (χ4v) is 1.35. The Kier molecular flexibility index (Phi) is 2.87. The summed E-state index contributed by atoms with van der Waals surface area (Å²) in [6.07, 6.45) is 1.79. The van der Waals surface area contributed by atoms with Gasteiger partial charge in [-0.1, -0.05) is 0 Å². The molecular formula is C11H8F2N2O. The summed E-state index contributed by atoms with van der Waals surface area (Å²) in [4.78, 5) is 6.79. The molecule has 0 aliphatic rings. The van der Waals surface area contributed by atoms with Gasteiger partial charge < -0.3 is 5.11 Å². The molecule has 1 atom stereocenters. The first-order valence-corrected chi connectivity index (χ1v) is 4.58. The number of aromatic nitrogens is 2. The topological polar surface area (TPSA) is 46.0 Å². The van der Waals surface area contributed by atoms with Gasteiger partial charge in [-0.05, 0) is 29.8 Å². The van der Waals surface area contributed by atoms with Crippen LogP contribution in [0.1, 0.15) is 17.2 Å². The number of hydrogen-bond acceptors (Lipinski definition) is 3. The molecule has 0 radical (unpaired) electrons. The molecule has 0 saturated carbocycles. The van der Waals surface area contributed by atoms with Gasteiger partial charge in [0, 0.05) is 18.0 Å². The number of nitrogens with zero attached hydrogens (tertiary/aromatic N) is 2. The molecule has 2 aromatic heterocycles. The average Bonchev–Trinajstić information content (AvgIpc) is 2.29. The molecule has 1 N–H and O–H groups in total. The molecule has 16 heavy (non-hydrogen) atoms. The standard InChI is InChI=1S/C11H8F2N2O/c12-9-2-1-8(11(13)15-9)10(16)7-3-5-14-6-4-7/h1-6,10,16H. The van der Waals surface area contributed by atoms with E-state index in [9.17, 15) is 13.9 Å². The third-order valence-electron chi connectivity index (χ3n) is 2.16. The van der Waals surface area contributed by atoms with Gasteiger partial charge in [-0.25, -0.2) is 0 Å². The molecule has 3 nitrogen and oxygen atoms in total. The lowest BCUT2D eigenvalue weighted by Crippen LogP contribution is -2.05. The molecule has 0 fully saturated rings. The number of rotatable bonds is 2. The van der Waals surface area contributed by atoms with Crippen LogP contribution in [0.25, 0.3) is 0 Å². The van der Waals surface area contributed by atoms with Gasteiger partial charge in [0.1, 0.15) is 6.10 Å². The Morgan fingerprint density at radius 2 is 1.75 bits per heavy atom. The largest absolute Gasteiger partial charge is 0.383 e. The summed E-state index contributed by atoms with van der Waals surface area (Å²) in [5, 5.41) is 9.83. The Morgan fingerprint density at radius 1 is 1.06 bits per heavy atom. The summed E-state index contributed by atoms with van der Waals surface area (Å²) in [6.45, 7) is 0. The van der Waals surface area contributed by atoms with Gasteiger partial charge in [-0.15, -0.1) is 0 Å². The Balaban J connectivity index is 2.38. The lowest BCUT2D eigenvalue weighted by Gasteiger charge is -2.11. The normalized spacial score (nSPS) is 12.4. The van der Waals surface area contributed by atoms with Crippen LogP contribution in [0.2, 0.25) is 0 Å². The zero-order valence-electron chi connectivity index (χ0n) is 8.14. The third-order valence-corrected chi connectivity index (χ3v) is 2.16. The van der Waals surface area contributed by atoms with Crippen molar-refractivity contribution >= 4 is 0 Å². The van der Waals surface area contributed by atoms with Crippen molar-refractivity contribution in [2.75, 3.05) is 0 Å². The van der Waals surface area contributed by atoms with Crippen molar-refractivity contribution in [2.24, 2.45) is 0 Å². The van der Waals surface area contributed by atoms with E-state index in [1.54, 1.807) is 12.1 Å². The first-order chi connectivity index (χ1) is 7.68. The predicted molar refractivity (Wildman–Crippen MR) is 52.5 cm³/mol. The zero-order valence-corrected chi connectivity index (χ0v) is 8.14. The molecule has 0 aromatic carbocycles. The van der Waals surface area contributed by atoms with Crippen molar-refractivity contribution in [3.05, 3.63) is 59.7 Å². The number of pyridine rings is 2. The van der Waals surface area contributed by atoms with Gasteiger partial charge in [0.25, 0.3) is 0 Å². The van der Waals surface area contributed by atoms with E-state index >= 15 is 0 Å². The maximum absolute atomic E-state index is 13.3. The molecule has 82 valence electrons. The van der Waals surface area contributed by atoms with E-state index in [0.29, 0.717) is 5.56 Å². The third kappa shape index (κ3) is 2.04. The molecule has 2 heterocycles. The second kappa shape index (κ2) is 4.32. The van der Waals surface area contributed by atoms with E-state index in [-0.39, 0.29) is 5.56 Å². The van der Waals surface area contributed by atoms with Crippen LogP contribution in [0.5, 0.6) is 0 Å². The minimum atomic E-state index is -1.17. The van der Waals surface area contributed by atoms with Crippen LogP contribution in [0.15, 0.2) is 36.7 Å². The van der Waals surface area contributed by atoms with Crippen LogP contribution < -0.4 is 0 Å². The average molecular weight is 222 g/mol. The fourth-order valence-electron chi connectivity index (χ4n) is 1.35. The number of aliphatic hydroxyl groups is 1. The lowest BCUT2D eigenvalue weighted by atomic mass is 10.0. The van der Waals surface area contributed by atoms with Crippen molar-refractivity contribution in [1.29, 1.82) is 0 Å². The molecular weight excluding hydrogens is 214 g/mol. The van der Waals surface area contributed by atoms with Gasteiger partial charge in [0.2, 0.25) is 11.9 Å². The molecule has 0 aliphatic heterocycles. The second-order valence-electron chi connectivity index (χ2n) is 3.20. The molecule has 0 spiro atoms. The first-order valence-electron chi connectivity index (χ1n) is 4.58. The van der Waals surface area contributed by atoms with Gasteiger partial charge in [0.15, 0.2) is 0 Å². The summed E-state index contributed by atoms with van der Waals surface area (Å²) in [7, 11) is 0. The molecule has 0 aliphatic carbocycles. The van der Waals surface area contributed by atoms with Crippen LogP contribution >= 0.6 is 0 Å². The SMILES string of the molecule is OC(c1ccncc1)c1ccc(F)nc1F. The van der Waals surface area contributed by atoms with Crippen molar-refractivity contribution < 1.29 is 13.9 Å². The van der Waals surface area contributed by atoms with E-state index in [0.717, 1.165) is 6.07 Å². The Hall–Kier alpha value is -1.88. The monoisotopic (exact) mass is 222 g/mol. The van der Waals surface area contributed by atoms with Crippen LogP contribution in [0.3, 0.4) is 0 Å². The summed E-state index contributed by atoms with van der Waals surface area (Å²) in [5.41, 5.74) is 0.412. The molecule has 0 amide bonds. The summed E-state index contributed by atoms with van der Waals surface area (Å²) in [5.74, 6) is -1.92. The predicted octanol–water partition coefficient (Wildman–Crippen LogP) is 1.84. The van der Waals surface area contributed by atoms with E-state index in [1.807, 2.05) is 0 Å². The highest BCUT2D eigenvalue weighted by atomic mass is 19.1. The maximum atomic E-state index is 13.3. The lowest BCUT2D eigenvalue weighted by molar-refractivity contribution is 0.213. The maximum Gasteiger partial charge on any atom is 0.221 e. The first kappa shape index (κ1) is 10.6. The van der Waals surface area contributed by atoms with Crippen molar-refractivity contribution in [1.82, 2.24) is 9.97 Å². The highest BCUT2D eigenvalue weighted by Gasteiger charge is 2.16. The van der Waals surface area contributed by atoms with Crippen LogP contribution in [-0.2, 0) is 0 Å².